The molecule has 4 rings (SSSR count). The molecule has 2 amide bonds. The van der Waals surface area contributed by atoms with Crippen molar-refractivity contribution in [3.63, 3.8) is 0 Å². The van der Waals surface area contributed by atoms with Crippen LogP contribution in [0.4, 0.5) is 14.5 Å². The topological polar surface area (TPSA) is 96.9 Å². The van der Waals surface area contributed by atoms with Gasteiger partial charge in [-0.05, 0) is 79.9 Å². The molecule has 0 bridgehead atoms. The van der Waals surface area contributed by atoms with E-state index >= 15 is 0 Å². The van der Waals surface area contributed by atoms with E-state index in [2.05, 4.69) is 25.6 Å². The van der Waals surface area contributed by atoms with Gasteiger partial charge in [-0.1, -0.05) is 0 Å². The van der Waals surface area contributed by atoms with Crippen LogP contribution in [0.25, 0.3) is 22.3 Å². The van der Waals surface area contributed by atoms with Gasteiger partial charge >= 0.3 is 0 Å². The Morgan fingerprint density at radius 1 is 0.892 bits per heavy atom. The third-order valence-corrected chi connectivity index (χ3v) is 5.80. The highest BCUT2D eigenvalue weighted by Crippen LogP contribution is 2.32. The number of carbonyl (C=O) groups excluding carboxylic acids is 2. The molecule has 0 aliphatic carbocycles. The number of hydrogen-bond acceptors (Lipinski definition) is 5. The highest BCUT2D eigenvalue weighted by atomic mass is 19.1. The second-order valence-electron chi connectivity index (χ2n) is 8.97. The number of amides is 2. The molecule has 0 aliphatic rings. The average Bonchev–Trinajstić information content (AvgIpc) is 2.89. The maximum Gasteiger partial charge on any atom is 0.269 e. The minimum atomic E-state index is -1.73. The molecule has 0 spiro atoms. The van der Waals surface area contributed by atoms with Crippen molar-refractivity contribution in [2.45, 2.75) is 26.4 Å². The maximum absolute atomic E-state index is 14.8. The number of nitrogens with one attached hydrogen (secondary N) is 2. The van der Waals surface area contributed by atoms with Crippen LogP contribution in [0.2, 0.25) is 0 Å². The van der Waals surface area contributed by atoms with Crippen molar-refractivity contribution in [3.8, 4) is 22.3 Å². The lowest BCUT2D eigenvalue weighted by Crippen LogP contribution is -2.19. The minimum absolute atomic E-state index is 0.0281. The largest absolute Gasteiger partial charge is 0.354 e. The molecule has 3 aromatic heterocycles. The first-order valence-corrected chi connectivity index (χ1v) is 11.5. The van der Waals surface area contributed by atoms with Crippen LogP contribution in [0, 0.1) is 12.7 Å². The second kappa shape index (κ2) is 10.2. The van der Waals surface area contributed by atoms with Crippen LogP contribution in [0.3, 0.4) is 0 Å². The lowest BCUT2D eigenvalue weighted by molar-refractivity contribution is 0.0957. The average molecular weight is 502 g/mol. The van der Waals surface area contributed by atoms with Crippen LogP contribution < -0.4 is 10.6 Å². The third-order valence-electron chi connectivity index (χ3n) is 5.80. The summed E-state index contributed by atoms with van der Waals surface area (Å²) in [5.41, 5.74) is 2.23. The third kappa shape index (κ3) is 5.66. The smallest absolute Gasteiger partial charge is 0.269 e. The lowest BCUT2D eigenvalue weighted by Gasteiger charge is -2.15. The molecule has 37 heavy (non-hydrogen) atoms. The Balaban J connectivity index is 1.67. The second-order valence-corrected chi connectivity index (χ2v) is 8.97. The number of carbonyl (C=O) groups is 2. The Kier molecular flexibility index (Phi) is 7.06. The van der Waals surface area contributed by atoms with Gasteiger partial charge in [0, 0.05) is 48.5 Å². The summed E-state index contributed by atoms with van der Waals surface area (Å²) in [5.74, 6) is -1.51. The number of hydrogen-bond donors (Lipinski definition) is 2. The van der Waals surface area contributed by atoms with E-state index in [1.165, 1.54) is 57.6 Å². The molecule has 2 N–H and O–H groups in total. The van der Waals surface area contributed by atoms with E-state index in [-0.39, 0.29) is 28.5 Å². The zero-order chi connectivity index (χ0) is 26.7. The Bertz CT molecular complexity index is 1500. The zero-order valence-corrected chi connectivity index (χ0v) is 20.8. The molecule has 0 unspecified atom stereocenters. The number of halogens is 2. The quantitative estimate of drug-likeness (QED) is 0.365. The van der Waals surface area contributed by atoms with Gasteiger partial charge < -0.3 is 10.6 Å². The van der Waals surface area contributed by atoms with Gasteiger partial charge in [0.15, 0.2) is 0 Å². The van der Waals surface area contributed by atoms with E-state index in [1.807, 2.05) is 6.07 Å². The predicted molar refractivity (Wildman–Crippen MR) is 137 cm³/mol. The number of pyridine rings is 3. The Morgan fingerprint density at radius 3 is 2.35 bits per heavy atom. The van der Waals surface area contributed by atoms with E-state index in [1.54, 1.807) is 31.5 Å². The number of alkyl halides is 1. The highest BCUT2D eigenvalue weighted by molar-refractivity contribution is 6.04. The van der Waals surface area contributed by atoms with Gasteiger partial charge in [0.25, 0.3) is 11.8 Å². The SMILES string of the molecule is CNC(=O)c1cc(-c2cncc(-c3cc(NC(=O)c4ccnc(C(C)(C)F)c4)c(F)cc3C)c2)ccn1. The van der Waals surface area contributed by atoms with Crippen LogP contribution in [0.5, 0.6) is 0 Å². The van der Waals surface area contributed by atoms with Crippen LogP contribution in [-0.4, -0.2) is 33.8 Å². The van der Waals surface area contributed by atoms with Crippen molar-refractivity contribution in [1.82, 2.24) is 20.3 Å². The summed E-state index contributed by atoms with van der Waals surface area (Å²) in [7, 11) is 1.53. The molecule has 0 fully saturated rings. The van der Waals surface area contributed by atoms with Crippen molar-refractivity contribution in [2.75, 3.05) is 12.4 Å². The van der Waals surface area contributed by atoms with Crippen molar-refractivity contribution in [3.05, 3.63) is 95.6 Å². The summed E-state index contributed by atoms with van der Waals surface area (Å²) >= 11 is 0. The molecule has 188 valence electrons. The summed E-state index contributed by atoms with van der Waals surface area (Å²) < 4.78 is 29.1. The van der Waals surface area contributed by atoms with Gasteiger partial charge in [0.05, 0.1) is 11.4 Å². The van der Waals surface area contributed by atoms with Gasteiger partial charge in [-0.3, -0.25) is 24.5 Å². The molecule has 0 atom stereocenters. The lowest BCUT2D eigenvalue weighted by atomic mass is 9.98. The van der Waals surface area contributed by atoms with Gasteiger partial charge in [-0.25, -0.2) is 8.78 Å². The molecule has 7 nitrogen and oxygen atoms in total. The predicted octanol–water partition coefficient (Wildman–Crippen LogP) is 5.47. The number of anilines is 1. The molecule has 0 radical (unpaired) electrons. The van der Waals surface area contributed by atoms with E-state index < -0.39 is 17.4 Å². The molecule has 3 heterocycles. The molecule has 0 saturated heterocycles. The Morgan fingerprint density at radius 2 is 1.62 bits per heavy atom. The van der Waals surface area contributed by atoms with E-state index in [0.717, 1.165) is 11.1 Å². The summed E-state index contributed by atoms with van der Waals surface area (Å²) in [6, 6.07) is 10.9. The van der Waals surface area contributed by atoms with Gasteiger partial charge in [0.2, 0.25) is 0 Å². The molecular weight excluding hydrogens is 476 g/mol. The van der Waals surface area contributed by atoms with Crippen molar-refractivity contribution >= 4 is 17.5 Å². The first-order valence-electron chi connectivity index (χ1n) is 11.5. The minimum Gasteiger partial charge on any atom is -0.354 e. The van der Waals surface area contributed by atoms with Crippen molar-refractivity contribution in [2.24, 2.45) is 0 Å². The molecule has 9 heteroatoms. The summed E-state index contributed by atoms with van der Waals surface area (Å²) in [6.45, 7) is 4.44. The summed E-state index contributed by atoms with van der Waals surface area (Å²) in [4.78, 5) is 37.2. The Labute approximate surface area is 213 Å². The first-order chi connectivity index (χ1) is 17.6. The van der Waals surface area contributed by atoms with E-state index in [0.29, 0.717) is 16.7 Å². The van der Waals surface area contributed by atoms with E-state index in [4.69, 9.17) is 0 Å². The van der Waals surface area contributed by atoms with E-state index in [9.17, 15) is 18.4 Å². The fourth-order valence-corrected chi connectivity index (χ4v) is 3.78. The summed E-state index contributed by atoms with van der Waals surface area (Å²) in [5, 5.41) is 5.12. The molecular formula is C28H25F2N5O2. The van der Waals surface area contributed by atoms with Crippen LogP contribution >= 0.6 is 0 Å². The van der Waals surface area contributed by atoms with Gasteiger partial charge in [0.1, 0.15) is 17.2 Å². The molecule has 4 aromatic rings. The van der Waals surface area contributed by atoms with Crippen molar-refractivity contribution in [1.29, 1.82) is 0 Å². The van der Waals surface area contributed by atoms with Crippen LogP contribution in [0.1, 0.15) is 46.0 Å². The Hall–Kier alpha value is -4.53. The molecule has 0 saturated carbocycles. The van der Waals surface area contributed by atoms with Crippen LogP contribution in [0.15, 0.2) is 67.3 Å². The van der Waals surface area contributed by atoms with Crippen molar-refractivity contribution < 1.29 is 18.4 Å². The first kappa shape index (κ1) is 25.6. The molecule has 0 aliphatic heterocycles. The maximum atomic E-state index is 14.8. The van der Waals surface area contributed by atoms with Crippen LogP contribution in [-0.2, 0) is 5.67 Å². The van der Waals surface area contributed by atoms with Gasteiger partial charge in [-0.2, -0.15) is 0 Å². The number of aromatic nitrogens is 3. The number of nitrogens with zero attached hydrogens (tertiary/aromatic N) is 3. The number of rotatable bonds is 6. The van der Waals surface area contributed by atoms with Gasteiger partial charge in [-0.15, -0.1) is 0 Å². The molecule has 1 aromatic carbocycles. The zero-order valence-electron chi connectivity index (χ0n) is 20.8. The monoisotopic (exact) mass is 501 g/mol. The standard InChI is InChI=1S/C28H25F2N5O2/c1-16-9-22(29)23(35-26(36)18-6-8-34-25(12-18)28(2,3)30)13-21(16)20-10-19(14-32-15-20)17-5-7-33-24(11-17)27(37)31-4/h5-15H,1-4H3,(H,31,37)(H,35,36). The number of aryl methyl sites for hydroxylation is 1. The fraction of sp³-hybridized carbons (Fsp3) is 0.179. The normalized spacial score (nSPS) is 11.2. The fourth-order valence-electron chi connectivity index (χ4n) is 3.78. The highest BCUT2D eigenvalue weighted by Gasteiger charge is 2.22. The summed E-state index contributed by atoms with van der Waals surface area (Å²) in [6.07, 6.45) is 6.17. The number of benzene rings is 1.